The lowest BCUT2D eigenvalue weighted by atomic mass is 9.95. The van der Waals surface area contributed by atoms with Crippen LogP contribution in [0.25, 0.3) is 0 Å². The van der Waals surface area contributed by atoms with Crippen LogP contribution in [-0.4, -0.2) is 43.6 Å². The smallest absolute Gasteiger partial charge is 0.226 e. The van der Waals surface area contributed by atoms with Crippen LogP contribution in [-0.2, 0) is 11.2 Å². The van der Waals surface area contributed by atoms with Crippen LogP contribution in [0.5, 0.6) is 5.75 Å². The van der Waals surface area contributed by atoms with Crippen molar-refractivity contribution in [3.05, 3.63) is 29.8 Å². The number of hydrogen-bond acceptors (Lipinski definition) is 3. The monoisotopic (exact) mass is 340 g/mol. The molecule has 1 fully saturated rings. The molecule has 0 saturated carbocycles. The van der Waals surface area contributed by atoms with Crippen LogP contribution in [0.1, 0.15) is 32.3 Å². The van der Waals surface area contributed by atoms with Gasteiger partial charge in [-0.05, 0) is 63.9 Å². The van der Waals surface area contributed by atoms with Crippen LogP contribution in [0.2, 0.25) is 0 Å². The van der Waals surface area contributed by atoms with Gasteiger partial charge in [-0.3, -0.25) is 4.79 Å². The number of nitrogens with one attached hydrogen (secondary N) is 1. The van der Waals surface area contributed by atoms with Crippen molar-refractivity contribution in [2.45, 2.75) is 39.2 Å². The van der Waals surface area contributed by atoms with Gasteiger partial charge in [0.1, 0.15) is 5.75 Å². The van der Waals surface area contributed by atoms with E-state index in [0.717, 1.165) is 44.6 Å². The van der Waals surface area contributed by atoms with Crippen LogP contribution >= 0.6 is 12.4 Å². The molecule has 1 aliphatic heterocycles. The molecule has 0 aliphatic carbocycles. The topological polar surface area (TPSA) is 41.6 Å². The van der Waals surface area contributed by atoms with Crippen molar-refractivity contribution in [2.24, 2.45) is 5.92 Å². The van der Waals surface area contributed by atoms with Crippen molar-refractivity contribution in [3.63, 3.8) is 0 Å². The molecule has 1 amide bonds. The molecule has 1 aliphatic rings. The predicted molar refractivity (Wildman–Crippen MR) is 96.4 cm³/mol. The van der Waals surface area contributed by atoms with E-state index in [9.17, 15) is 4.79 Å². The number of carbonyl (C=O) groups is 1. The van der Waals surface area contributed by atoms with Gasteiger partial charge in [0.05, 0.1) is 7.11 Å². The van der Waals surface area contributed by atoms with Gasteiger partial charge in [-0.2, -0.15) is 0 Å². The Labute approximate surface area is 146 Å². The highest BCUT2D eigenvalue weighted by Gasteiger charge is 2.27. The summed E-state index contributed by atoms with van der Waals surface area (Å²) in [5.74, 6) is 1.39. The minimum absolute atomic E-state index is 0. The fourth-order valence-electron chi connectivity index (χ4n) is 3.20. The standard InChI is InChI=1S/C18H28N2O2.ClH/c1-4-20(18(21)16-9-11-19-12-10-16)14(2)13-15-5-7-17(22-3)8-6-15;/h5-8,14,16,19H,4,9-13H2,1-3H3;1H. The van der Waals surface area contributed by atoms with Gasteiger partial charge in [0.2, 0.25) is 5.91 Å². The molecule has 2 rings (SSSR count). The van der Waals surface area contributed by atoms with Crippen LogP contribution in [0.15, 0.2) is 24.3 Å². The lowest BCUT2D eigenvalue weighted by Gasteiger charge is -2.33. The second kappa shape index (κ2) is 9.78. The number of carbonyl (C=O) groups excluding carboxylic acids is 1. The van der Waals surface area contributed by atoms with Crippen molar-refractivity contribution < 1.29 is 9.53 Å². The Hall–Kier alpha value is -1.26. The summed E-state index contributed by atoms with van der Waals surface area (Å²) in [4.78, 5) is 14.8. The Balaban J connectivity index is 0.00000264. The Morgan fingerprint density at radius 1 is 1.30 bits per heavy atom. The van der Waals surface area contributed by atoms with Gasteiger partial charge in [-0.15, -0.1) is 12.4 Å². The van der Waals surface area contributed by atoms with E-state index < -0.39 is 0 Å². The van der Waals surface area contributed by atoms with Gasteiger partial charge in [0.25, 0.3) is 0 Å². The fraction of sp³-hybridized carbons (Fsp3) is 0.611. The molecule has 1 atom stereocenters. The van der Waals surface area contributed by atoms with E-state index in [1.54, 1.807) is 7.11 Å². The highest BCUT2D eigenvalue weighted by Crippen LogP contribution is 2.19. The third-order valence-corrected chi connectivity index (χ3v) is 4.53. The first-order valence-electron chi connectivity index (χ1n) is 8.29. The van der Waals surface area contributed by atoms with Gasteiger partial charge < -0.3 is 15.0 Å². The molecule has 1 N–H and O–H groups in total. The largest absolute Gasteiger partial charge is 0.497 e. The SMILES string of the molecule is CCN(C(=O)C1CCNCC1)C(C)Cc1ccc(OC)cc1.Cl. The molecular weight excluding hydrogens is 312 g/mol. The summed E-state index contributed by atoms with van der Waals surface area (Å²) in [7, 11) is 1.67. The number of benzene rings is 1. The first kappa shape index (κ1) is 19.8. The molecule has 4 nitrogen and oxygen atoms in total. The van der Waals surface area contributed by atoms with Gasteiger partial charge >= 0.3 is 0 Å². The average molecular weight is 341 g/mol. The molecule has 1 saturated heterocycles. The molecule has 0 aromatic heterocycles. The van der Waals surface area contributed by atoms with Crippen LogP contribution < -0.4 is 10.1 Å². The zero-order chi connectivity index (χ0) is 15.9. The number of hydrogen-bond donors (Lipinski definition) is 1. The second-order valence-corrected chi connectivity index (χ2v) is 6.05. The molecule has 1 aromatic rings. The number of amides is 1. The van der Waals surface area contributed by atoms with Gasteiger partial charge in [0.15, 0.2) is 0 Å². The van der Waals surface area contributed by atoms with Crippen molar-refractivity contribution in [1.29, 1.82) is 0 Å². The summed E-state index contributed by atoms with van der Waals surface area (Å²) >= 11 is 0. The highest BCUT2D eigenvalue weighted by atomic mass is 35.5. The van der Waals surface area contributed by atoms with E-state index in [4.69, 9.17) is 4.74 Å². The van der Waals surface area contributed by atoms with Crippen molar-refractivity contribution in [2.75, 3.05) is 26.7 Å². The van der Waals surface area contributed by atoms with Crippen molar-refractivity contribution in [3.8, 4) is 5.75 Å². The minimum Gasteiger partial charge on any atom is -0.497 e. The van der Waals surface area contributed by atoms with Crippen molar-refractivity contribution >= 4 is 18.3 Å². The van der Waals surface area contributed by atoms with E-state index in [0.29, 0.717) is 5.91 Å². The highest BCUT2D eigenvalue weighted by molar-refractivity contribution is 5.85. The molecular formula is C18H29ClN2O2. The van der Waals surface area contributed by atoms with E-state index in [1.165, 1.54) is 5.56 Å². The number of likely N-dealkylation sites (N-methyl/N-ethyl adjacent to an activating group) is 1. The summed E-state index contributed by atoms with van der Waals surface area (Å²) in [6, 6.07) is 8.34. The maximum absolute atomic E-state index is 12.7. The van der Waals surface area contributed by atoms with Crippen LogP contribution in [0.3, 0.4) is 0 Å². The molecule has 130 valence electrons. The van der Waals surface area contributed by atoms with E-state index in [-0.39, 0.29) is 24.4 Å². The Kier molecular flexibility index (Phi) is 8.42. The minimum atomic E-state index is 0. The van der Waals surface area contributed by atoms with E-state index in [1.807, 2.05) is 17.0 Å². The number of methoxy groups -OCH3 is 1. The number of rotatable bonds is 6. The van der Waals surface area contributed by atoms with Crippen LogP contribution in [0, 0.1) is 5.92 Å². The molecule has 0 radical (unpaired) electrons. The Morgan fingerprint density at radius 3 is 2.43 bits per heavy atom. The molecule has 0 spiro atoms. The third kappa shape index (κ3) is 5.40. The second-order valence-electron chi connectivity index (χ2n) is 6.05. The predicted octanol–water partition coefficient (Wildman–Crippen LogP) is 2.90. The zero-order valence-corrected chi connectivity index (χ0v) is 15.2. The first-order valence-corrected chi connectivity index (χ1v) is 8.29. The average Bonchev–Trinajstić information content (AvgIpc) is 2.57. The molecule has 1 unspecified atom stereocenters. The van der Waals surface area contributed by atoms with E-state index >= 15 is 0 Å². The van der Waals surface area contributed by atoms with Gasteiger partial charge in [-0.25, -0.2) is 0 Å². The molecule has 23 heavy (non-hydrogen) atoms. The molecule has 0 bridgehead atoms. The number of halogens is 1. The van der Waals surface area contributed by atoms with Crippen molar-refractivity contribution in [1.82, 2.24) is 10.2 Å². The summed E-state index contributed by atoms with van der Waals surface area (Å²) in [6.45, 7) is 6.91. The molecule has 1 heterocycles. The maximum Gasteiger partial charge on any atom is 0.226 e. The quantitative estimate of drug-likeness (QED) is 0.865. The first-order chi connectivity index (χ1) is 10.7. The van der Waals surface area contributed by atoms with Crippen LogP contribution in [0.4, 0.5) is 0 Å². The normalized spacial score (nSPS) is 16.3. The Morgan fingerprint density at radius 2 is 1.91 bits per heavy atom. The summed E-state index contributed by atoms with van der Waals surface area (Å²) in [6.07, 6.45) is 2.81. The van der Waals surface area contributed by atoms with Gasteiger partial charge in [0, 0.05) is 18.5 Å². The lowest BCUT2D eigenvalue weighted by Crippen LogP contribution is -2.45. The molecule has 5 heteroatoms. The maximum atomic E-state index is 12.7. The lowest BCUT2D eigenvalue weighted by molar-refractivity contribution is -0.138. The number of ether oxygens (including phenoxy) is 1. The summed E-state index contributed by atoms with van der Waals surface area (Å²) in [5, 5.41) is 3.32. The fourth-order valence-corrected chi connectivity index (χ4v) is 3.20. The summed E-state index contributed by atoms with van der Waals surface area (Å²) < 4.78 is 5.19. The van der Waals surface area contributed by atoms with E-state index in [2.05, 4.69) is 31.3 Å². The summed E-state index contributed by atoms with van der Waals surface area (Å²) in [5.41, 5.74) is 1.24. The number of nitrogens with zero attached hydrogens (tertiary/aromatic N) is 1. The zero-order valence-electron chi connectivity index (χ0n) is 14.4. The third-order valence-electron chi connectivity index (χ3n) is 4.53. The van der Waals surface area contributed by atoms with Gasteiger partial charge in [-0.1, -0.05) is 12.1 Å². The number of piperidine rings is 1. The Bertz CT molecular complexity index is 472. The molecule has 1 aromatic carbocycles.